The van der Waals surface area contributed by atoms with Crippen LogP contribution in [0.2, 0.25) is 0 Å². The van der Waals surface area contributed by atoms with E-state index < -0.39 is 0 Å². The number of carbonyl (C=O) groups excluding carboxylic acids is 1. The first-order valence-electron chi connectivity index (χ1n) is 8.99. The molecule has 4 rings (SSSR count). The molecule has 2 atom stereocenters. The second-order valence-electron chi connectivity index (χ2n) is 7.28. The molecule has 0 radical (unpaired) electrons. The highest BCUT2D eigenvalue weighted by molar-refractivity contribution is 5.85. The molecule has 2 unspecified atom stereocenters. The highest BCUT2D eigenvalue weighted by Crippen LogP contribution is 2.58. The molecule has 5 heteroatoms. The Morgan fingerprint density at radius 3 is 2.46 bits per heavy atom. The van der Waals surface area contributed by atoms with E-state index in [9.17, 15) is 9.18 Å². The van der Waals surface area contributed by atoms with Crippen LogP contribution < -0.4 is 10.6 Å². The van der Waals surface area contributed by atoms with Crippen molar-refractivity contribution in [3.05, 3.63) is 71.5 Å². The van der Waals surface area contributed by atoms with Gasteiger partial charge in [0.15, 0.2) is 0 Å². The van der Waals surface area contributed by atoms with Gasteiger partial charge in [-0.25, -0.2) is 4.39 Å². The maximum atomic E-state index is 13.7. The van der Waals surface area contributed by atoms with Crippen molar-refractivity contribution in [3.63, 3.8) is 0 Å². The Hall–Kier alpha value is -1.91. The summed E-state index contributed by atoms with van der Waals surface area (Å²) in [6.07, 6.45) is 3.12. The molecule has 1 spiro atoms. The van der Waals surface area contributed by atoms with Crippen molar-refractivity contribution in [3.8, 4) is 0 Å². The first kappa shape index (κ1) is 18.9. The molecule has 1 aliphatic heterocycles. The van der Waals surface area contributed by atoms with Gasteiger partial charge >= 0.3 is 0 Å². The Morgan fingerprint density at radius 1 is 1.08 bits per heavy atom. The van der Waals surface area contributed by atoms with Crippen molar-refractivity contribution in [2.45, 2.75) is 25.3 Å². The molecule has 3 nitrogen and oxygen atoms in total. The molecule has 2 aromatic rings. The van der Waals surface area contributed by atoms with Crippen LogP contribution in [-0.2, 0) is 4.79 Å². The number of halogens is 2. The number of hydrogen-bond acceptors (Lipinski definition) is 2. The Balaban J connectivity index is 0.00000196. The van der Waals surface area contributed by atoms with Gasteiger partial charge < -0.3 is 10.6 Å². The van der Waals surface area contributed by atoms with Gasteiger partial charge in [-0.05, 0) is 61.0 Å². The molecule has 1 saturated carbocycles. The van der Waals surface area contributed by atoms with E-state index in [1.54, 1.807) is 6.07 Å². The summed E-state index contributed by atoms with van der Waals surface area (Å²) in [5.41, 5.74) is 1.94. The molecule has 1 heterocycles. The molecule has 138 valence electrons. The van der Waals surface area contributed by atoms with Gasteiger partial charge in [0.1, 0.15) is 5.82 Å². The zero-order chi connectivity index (χ0) is 17.3. The summed E-state index contributed by atoms with van der Waals surface area (Å²) in [4.78, 5) is 12.9. The molecule has 2 fully saturated rings. The minimum atomic E-state index is -0.316. The summed E-state index contributed by atoms with van der Waals surface area (Å²) < 4.78 is 13.7. The summed E-state index contributed by atoms with van der Waals surface area (Å²) in [5.74, 6) is -0.0942. The predicted octanol–water partition coefficient (Wildman–Crippen LogP) is 3.84. The SMILES string of the molecule is Cl.O=C(NC(c1ccccc1)c1cccc(F)c1)C1CC12CCNCC2. The molecule has 26 heavy (non-hydrogen) atoms. The second kappa shape index (κ2) is 7.77. The van der Waals surface area contributed by atoms with Crippen LogP contribution in [0.3, 0.4) is 0 Å². The van der Waals surface area contributed by atoms with Gasteiger partial charge in [0.05, 0.1) is 6.04 Å². The molecular formula is C21H24ClFN2O. The van der Waals surface area contributed by atoms with E-state index in [0.717, 1.165) is 43.5 Å². The lowest BCUT2D eigenvalue weighted by atomic mass is 9.91. The minimum Gasteiger partial charge on any atom is -0.345 e. The maximum absolute atomic E-state index is 13.7. The average Bonchev–Trinajstić information content (AvgIpc) is 3.34. The van der Waals surface area contributed by atoms with Crippen molar-refractivity contribution in [2.75, 3.05) is 13.1 Å². The van der Waals surface area contributed by atoms with Crippen LogP contribution >= 0.6 is 12.4 Å². The summed E-state index contributed by atoms with van der Waals surface area (Å²) in [7, 11) is 0. The zero-order valence-corrected chi connectivity index (χ0v) is 15.4. The van der Waals surface area contributed by atoms with Crippen molar-refractivity contribution in [2.24, 2.45) is 11.3 Å². The fourth-order valence-electron chi connectivity index (χ4n) is 4.13. The number of rotatable bonds is 4. The van der Waals surface area contributed by atoms with Crippen LogP contribution in [0.4, 0.5) is 4.39 Å². The molecule has 2 aliphatic rings. The molecule has 0 bridgehead atoms. The van der Waals surface area contributed by atoms with Gasteiger partial charge in [-0.3, -0.25) is 4.79 Å². The number of piperidine rings is 1. The monoisotopic (exact) mass is 374 g/mol. The third-order valence-corrected chi connectivity index (χ3v) is 5.71. The fraction of sp³-hybridized carbons (Fsp3) is 0.381. The third kappa shape index (κ3) is 3.76. The summed E-state index contributed by atoms with van der Waals surface area (Å²) in [6.45, 7) is 1.99. The van der Waals surface area contributed by atoms with Crippen molar-refractivity contribution in [1.29, 1.82) is 0 Å². The van der Waals surface area contributed by atoms with Crippen molar-refractivity contribution >= 4 is 18.3 Å². The quantitative estimate of drug-likeness (QED) is 0.853. The maximum Gasteiger partial charge on any atom is 0.224 e. The van der Waals surface area contributed by atoms with Gasteiger partial charge in [0.2, 0.25) is 5.91 Å². The Morgan fingerprint density at radius 2 is 1.77 bits per heavy atom. The zero-order valence-electron chi connectivity index (χ0n) is 14.6. The number of hydrogen-bond donors (Lipinski definition) is 2. The average molecular weight is 375 g/mol. The van der Waals surface area contributed by atoms with E-state index in [1.165, 1.54) is 12.1 Å². The fourth-order valence-corrected chi connectivity index (χ4v) is 4.13. The second-order valence-corrected chi connectivity index (χ2v) is 7.28. The van der Waals surface area contributed by atoms with Gasteiger partial charge in [0.25, 0.3) is 0 Å². The van der Waals surface area contributed by atoms with Gasteiger partial charge in [-0.1, -0.05) is 42.5 Å². The lowest BCUT2D eigenvalue weighted by molar-refractivity contribution is -0.123. The molecule has 2 aromatic carbocycles. The lowest BCUT2D eigenvalue weighted by Gasteiger charge is -2.25. The standard InChI is InChI=1S/C21H23FN2O.ClH/c22-17-8-4-7-16(13-17)19(15-5-2-1-3-6-15)24-20(25)18-14-21(18)9-11-23-12-10-21;/h1-8,13,18-19,23H,9-12,14H2,(H,24,25);1H. The Bertz CT molecular complexity index is 762. The van der Waals surface area contributed by atoms with Crippen LogP contribution in [-0.4, -0.2) is 19.0 Å². The van der Waals surface area contributed by atoms with E-state index in [4.69, 9.17) is 0 Å². The van der Waals surface area contributed by atoms with Crippen LogP contribution in [0.1, 0.15) is 36.4 Å². The summed E-state index contributed by atoms with van der Waals surface area (Å²) >= 11 is 0. The van der Waals surface area contributed by atoms with Crippen molar-refractivity contribution < 1.29 is 9.18 Å². The van der Waals surface area contributed by atoms with E-state index in [0.29, 0.717) is 0 Å². The molecule has 1 amide bonds. The Labute approximate surface area is 159 Å². The topological polar surface area (TPSA) is 41.1 Å². The predicted molar refractivity (Wildman–Crippen MR) is 103 cm³/mol. The molecule has 1 saturated heterocycles. The van der Waals surface area contributed by atoms with E-state index >= 15 is 0 Å². The largest absolute Gasteiger partial charge is 0.345 e. The smallest absolute Gasteiger partial charge is 0.224 e. The number of benzene rings is 2. The molecular weight excluding hydrogens is 351 g/mol. The van der Waals surface area contributed by atoms with E-state index in [-0.39, 0.29) is 41.5 Å². The van der Waals surface area contributed by atoms with Crippen molar-refractivity contribution in [1.82, 2.24) is 10.6 Å². The highest BCUT2D eigenvalue weighted by Gasteiger charge is 2.57. The Kier molecular flexibility index (Phi) is 5.64. The van der Waals surface area contributed by atoms with Gasteiger partial charge in [-0.15, -0.1) is 12.4 Å². The normalized spacial score (nSPS) is 21.5. The number of nitrogens with one attached hydrogen (secondary N) is 2. The lowest BCUT2D eigenvalue weighted by Crippen LogP contribution is -2.35. The highest BCUT2D eigenvalue weighted by atomic mass is 35.5. The first-order valence-corrected chi connectivity index (χ1v) is 8.99. The molecule has 2 N–H and O–H groups in total. The first-order chi connectivity index (χ1) is 12.2. The number of amides is 1. The van der Waals surface area contributed by atoms with E-state index in [2.05, 4.69) is 10.6 Å². The van der Waals surface area contributed by atoms with Gasteiger partial charge in [0, 0.05) is 5.92 Å². The van der Waals surface area contributed by atoms with Crippen LogP contribution in [0.15, 0.2) is 54.6 Å². The van der Waals surface area contributed by atoms with Crippen LogP contribution in [0, 0.1) is 17.2 Å². The van der Waals surface area contributed by atoms with E-state index in [1.807, 2.05) is 36.4 Å². The molecule has 0 aromatic heterocycles. The molecule has 1 aliphatic carbocycles. The van der Waals surface area contributed by atoms with Crippen LogP contribution in [0.5, 0.6) is 0 Å². The minimum absolute atomic E-state index is 0. The van der Waals surface area contributed by atoms with Crippen LogP contribution in [0.25, 0.3) is 0 Å². The summed E-state index contributed by atoms with van der Waals surface area (Å²) in [6, 6.07) is 16.0. The van der Waals surface area contributed by atoms with Gasteiger partial charge in [-0.2, -0.15) is 0 Å². The third-order valence-electron chi connectivity index (χ3n) is 5.71. The summed E-state index contributed by atoms with van der Waals surface area (Å²) in [5, 5.41) is 6.55. The number of carbonyl (C=O) groups is 1.